The van der Waals surface area contributed by atoms with Gasteiger partial charge in [-0.25, -0.2) is 4.39 Å². The van der Waals surface area contributed by atoms with Gasteiger partial charge in [0.15, 0.2) is 0 Å². The number of hydrogen-bond acceptors (Lipinski definition) is 3. The molecule has 4 nitrogen and oxygen atoms in total. The molecule has 1 amide bonds. The Morgan fingerprint density at radius 2 is 1.90 bits per heavy atom. The van der Waals surface area contributed by atoms with Gasteiger partial charge in [0.25, 0.3) is 5.91 Å². The number of rotatable bonds is 4. The van der Waals surface area contributed by atoms with E-state index in [9.17, 15) is 9.18 Å². The Morgan fingerprint density at radius 1 is 1.24 bits per heavy atom. The number of carbonyl (C=O) groups excluding carboxylic acids is 1. The average molecular weight is 288 g/mol. The highest BCUT2D eigenvalue weighted by Gasteiger charge is 2.18. The first-order valence-electron chi connectivity index (χ1n) is 6.51. The van der Waals surface area contributed by atoms with Gasteiger partial charge in [-0.15, -0.1) is 0 Å². The van der Waals surface area contributed by atoms with Crippen molar-refractivity contribution in [3.63, 3.8) is 0 Å². The summed E-state index contributed by atoms with van der Waals surface area (Å²) >= 11 is 0. The van der Waals surface area contributed by atoms with Crippen molar-refractivity contribution >= 4 is 11.6 Å². The molecule has 0 aliphatic rings. The molecule has 3 N–H and O–H groups in total. The number of ether oxygens (including phenoxy) is 1. The first kappa shape index (κ1) is 14.8. The van der Waals surface area contributed by atoms with Crippen LogP contribution < -0.4 is 15.8 Å². The van der Waals surface area contributed by atoms with Gasteiger partial charge < -0.3 is 15.8 Å². The van der Waals surface area contributed by atoms with E-state index in [0.717, 1.165) is 5.56 Å². The van der Waals surface area contributed by atoms with E-state index in [0.29, 0.717) is 17.0 Å². The molecule has 0 heterocycles. The SMILES string of the molecule is COc1cccc(N)c1C(=O)NC(C)c1ccc(F)cc1. The van der Waals surface area contributed by atoms with E-state index in [4.69, 9.17) is 10.5 Å². The summed E-state index contributed by atoms with van der Waals surface area (Å²) in [6.07, 6.45) is 0. The van der Waals surface area contributed by atoms with Crippen LogP contribution >= 0.6 is 0 Å². The van der Waals surface area contributed by atoms with Crippen LogP contribution in [0.1, 0.15) is 28.9 Å². The second-order valence-electron chi connectivity index (χ2n) is 4.67. The fraction of sp³-hybridized carbons (Fsp3) is 0.188. The third kappa shape index (κ3) is 3.31. The first-order valence-corrected chi connectivity index (χ1v) is 6.51. The zero-order valence-electron chi connectivity index (χ0n) is 11.9. The normalized spacial score (nSPS) is 11.8. The molecule has 2 rings (SSSR count). The number of hydrogen-bond donors (Lipinski definition) is 2. The van der Waals surface area contributed by atoms with Crippen LogP contribution in [0.2, 0.25) is 0 Å². The van der Waals surface area contributed by atoms with Crippen LogP contribution in [0.15, 0.2) is 42.5 Å². The Labute approximate surface area is 122 Å². The molecule has 0 spiro atoms. The van der Waals surface area contributed by atoms with E-state index in [1.54, 1.807) is 30.3 Å². The molecule has 5 heteroatoms. The largest absolute Gasteiger partial charge is 0.496 e. The molecule has 0 fully saturated rings. The number of nitrogens with one attached hydrogen (secondary N) is 1. The van der Waals surface area contributed by atoms with Crippen molar-refractivity contribution in [3.8, 4) is 5.75 Å². The number of carbonyl (C=O) groups is 1. The third-order valence-corrected chi connectivity index (χ3v) is 3.22. The Balaban J connectivity index is 2.20. The summed E-state index contributed by atoms with van der Waals surface area (Å²) in [5.41, 5.74) is 7.29. The maximum absolute atomic E-state index is 12.9. The van der Waals surface area contributed by atoms with Crippen LogP contribution in [0.4, 0.5) is 10.1 Å². The van der Waals surface area contributed by atoms with Gasteiger partial charge in [0.05, 0.1) is 13.2 Å². The molecule has 0 bridgehead atoms. The summed E-state index contributed by atoms with van der Waals surface area (Å²) in [7, 11) is 1.48. The van der Waals surface area contributed by atoms with Crippen molar-refractivity contribution in [3.05, 3.63) is 59.4 Å². The van der Waals surface area contributed by atoms with Gasteiger partial charge in [-0.3, -0.25) is 4.79 Å². The predicted molar refractivity (Wildman–Crippen MR) is 79.7 cm³/mol. The van der Waals surface area contributed by atoms with Crippen LogP contribution in [-0.4, -0.2) is 13.0 Å². The number of amides is 1. The smallest absolute Gasteiger partial charge is 0.257 e. The van der Waals surface area contributed by atoms with E-state index in [1.165, 1.54) is 19.2 Å². The van der Waals surface area contributed by atoms with Gasteiger partial charge in [0.1, 0.15) is 17.1 Å². The van der Waals surface area contributed by atoms with Crippen molar-refractivity contribution in [2.45, 2.75) is 13.0 Å². The minimum absolute atomic E-state index is 0.276. The molecule has 0 aromatic heterocycles. The Kier molecular flexibility index (Phi) is 4.42. The summed E-state index contributed by atoms with van der Waals surface area (Å²) < 4.78 is 18.1. The monoisotopic (exact) mass is 288 g/mol. The predicted octanol–water partition coefficient (Wildman–Crippen LogP) is 2.91. The Morgan fingerprint density at radius 3 is 2.52 bits per heavy atom. The number of nitrogens with two attached hydrogens (primary N) is 1. The van der Waals surface area contributed by atoms with E-state index in [2.05, 4.69) is 5.32 Å². The third-order valence-electron chi connectivity index (χ3n) is 3.22. The fourth-order valence-corrected chi connectivity index (χ4v) is 2.06. The van der Waals surface area contributed by atoms with Crippen LogP contribution in [-0.2, 0) is 0 Å². The van der Waals surface area contributed by atoms with Crippen LogP contribution in [0.25, 0.3) is 0 Å². The maximum Gasteiger partial charge on any atom is 0.257 e. The second-order valence-corrected chi connectivity index (χ2v) is 4.67. The summed E-state index contributed by atoms with van der Waals surface area (Å²) in [6.45, 7) is 1.82. The zero-order chi connectivity index (χ0) is 15.4. The molecule has 0 aliphatic carbocycles. The molecular weight excluding hydrogens is 271 g/mol. The lowest BCUT2D eigenvalue weighted by atomic mass is 10.1. The van der Waals surface area contributed by atoms with Gasteiger partial charge in [0.2, 0.25) is 0 Å². The fourth-order valence-electron chi connectivity index (χ4n) is 2.06. The van der Waals surface area contributed by atoms with E-state index >= 15 is 0 Å². The molecule has 0 radical (unpaired) electrons. The molecule has 110 valence electrons. The highest BCUT2D eigenvalue weighted by atomic mass is 19.1. The van der Waals surface area contributed by atoms with Crippen LogP contribution in [0.5, 0.6) is 5.75 Å². The van der Waals surface area contributed by atoms with Gasteiger partial charge in [0, 0.05) is 5.69 Å². The molecule has 1 atom stereocenters. The van der Waals surface area contributed by atoms with E-state index < -0.39 is 0 Å². The molecule has 21 heavy (non-hydrogen) atoms. The zero-order valence-corrected chi connectivity index (χ0v) is 11.9. The van der Waals surface area contributed by atoms with Crippen molar-refractivity contribution < 1.29 is 13.9 Å². The molecule has 2 aromatic carbocycles. The topological polar surface area (TPSA) is 64.3 Å². The standard InChI is InChI=1S/C16H17FN2O2/c1-10(11-6-8-12(17)9-7-11)19-16(20)15-13(18)4-3-5-14(15)21-2/h3-10H,18H2,1-2H3,(H,19,20). The minimum Gasteiger partial charge on any atom is -0.496 e. The van der Waals surface area contributed by atoms with E-state index in [-0.39, 0.29) is 17.8 Å². The molecule has 0 saturated heterocycles. The highest BCUT2D eigenvalue weighted by Crippen LogP contribution is 2.25. The number of halogens is 1. The molecule has 1 unspecified atom stereocenters. The summed E-state index contributed by atoms with van der Waals surface area (Å²) in [5, 5.41) is 2.83. The van der Waals surface area contributed by atoms with Crippen molar-refractivity contribution in [2.75, 3.05) is 12.8 Å². The Hall–Kier alpha value is -2.56. The maximum atomic E-state index is 12.9. The minimum atomic E-state index is -0.332. The van der Waals surface area contributed by atoms with Crippen molar-refractivity contribution in [2.24, 2.45) is 0 Å². The number of nitrogen functional groups attached to an aromatic ring is 1. The number of anilines is 1. The quantitative estimate of drug-likeness (QED) is 0.850. The molecule has 0 saturated carbocycles. The van der Waals surface area contributed by atoms with Crippen molar-refractivity contribution in [1.29, 1.82) is 0 Å². The van der Waals surface area contributed by atoms with Crippen molar-refractivity contribution in [1.82, 2.24) is 5.32 Å². The number of benzene rings is 2. The molecular formula is C16H17FN2O2. The van der Waals surface area contributed by atoms with E-state index in [1.807, 2.05) is 6.92 Å². The molecule has 0 aliphatic heterocycles. The van der Waals surface area contributed by atoms with Crippen LogP contribution in [0.3, 0.4) is 0 Å². The lowest BCUT2D eigenvalue weighted by molar-refractivity contribution is 0.0938. The summed E-state index contributed by atoms with van der Waals surface area (Å²) in [6, 6.07) is 10.7. The van der Waals surface area contributed by atoms with Crippen LogP contribution in [0, 0.1) is 5.82 Å². The van der Waals surface area contributed by atoms with Gasteiger partial charge in [-0.2, -0.15) is 0 Å². The highest BCUT2D eigenvalue weighted by molar-refractivity contribution is 6.02. The first-order chi connectivity index (χ1) is 10.0. The molecule has 2 aromatic rings. The lowest BCUT2D eigenvalue weighted by Gasteiger charge is -2.16. The van der Waals surface area contributed by atoms with Gasteiger partial charge >= 0.3 is 0 Å². The Bertz CT molecular complexity index is 641. The average Bonchev–Trinajstić information content (AvgIpc) is 2.47. The van der Waals surface area contributed by atoms with Gasteiger partial charge in [-0.1, -0.05) is 18.2 Å². The second kappa shape index (κ2) is 6.26. The number of methoxy groups -OCH3 is 1. The summed E-state index contributed by atoms with van der Waals surface area (Å²) in [4.78, 5) is 12.4. The van der Waals surface area contributed by atoms with Gasteiger partial charge in [-0.05, 0) is 36.8 Å². The lowest BCUT2D eigenvalue weighted by Crippen LogP contribution is -2.27. The summed E-state index contributed by atoms with van der Waals surface area (Å²) in [5.74, 6) is -0.230.